The molecule has 3 aromatic carbocycles. The quantitative estimate of drug-likeness (QED) is 0.0926. The Morgan fingerprint density at radius 2 is 1.02 bits per heavy atom. The zero-order chi connectivity index (χ0) is 32.5. The van der Waals surface area contributed by atoms with Crippen molar-refractivity contribution in [3.05, 3.63) is 113 Å². The summed E-state index contributed by atoms with van der Waals surface area (Å²) in [7, 11) is 0. The van der Waals surface area contributed by atoms with Crippen molar-refractivity contribution in [2.75, 3.05) is 0 Å². The Balaban J connectivity index is 1.33. The van der Waals surface area contributed by atoms with Gasteiger partial charge in [0.05, 0.1) is 0 Å². The van der Waals surface area contributed by atoms with E-state index in [0.29, 0.717) is 23.7 Å². The Labute approximate surface area is 276 Å². The Morgan fingerprint density at radius 1 is 0.630 bits per heavy atom. The summed E-state index contributed by atoms with van der Waals surface area (Å²) >= 11 is 0. The molecule has 2 fully saturated rings. The molecule has 4 nitrogen and oxygen atoms in total. The highest BCUT2D eigenvalue weighted by Gasteiger charge is 2.37. The molecule has 46 heavy (non-hydrogen) atoms. The molecule has 2 unspecified atom stereocenters. The van der Waals surface area contributed by atoms with Gasteiger partial charge in [-0.15, -0.1) is 0 Å². The van der Waals surface area contributed by atoms with Crippen LogP contribution in [0.3, 0.4) is 0 Å². The molecule has 244 valence electrons. The second kappa shape index (κ2) is 16.3. The van der Waals surface area contributed by atoms with Gasteiger partial charge in [-0.1, -0.05) is 132 Å². The number of carbonyl (C=O) groups is 2. The third kappa shape index (κ3) is 9.21. The Morgan fingerprint density at radius 3 is 1.43 bits per heavy atom. The minimum atomic E-state index is -0.566. The number of esters is 2. The summed E-state index contributed by atoms with van der Waals surface area (Å²) in [5.41, 5.74) is 3.38. The molecule has 5 rings (SSSR count). The minimum absolute atomic E-state index is 0.00707. The Bertz CT molecular complexity index is 1330. The highest BCUT2D eigenvalue weighted by Crippen LogP contribution is 2.39. The first kappa shape index (κ1) is 33.7. The fraction of sp³-hybridized carbons (Fsp3) is 0.476. The van der Waals surface area contributed by atoms with Crippen molar-refractivity contribution in [1.29, 1.82) is 0 Å². The molecule has 0 aromatic heterocycles. The fourth-order valence-electron chi connectivity index (χ4n) is 7.67. The SMILES string of the molecule is CC(C[C@@H]1CC[C@@H](C)C[C@H]1OC(=O)C(=Cc1ccccc1)C(=O)O[C@@H]1C[C@H](C)CC[C@H]1CC(C)c1ccccc1)c1ccccc1. The molecular formula is C42H52O4. The van der Waals surface area contributed by atoms with Crippen molar-refractivity contribution in [3.63, 3.8) is 0 Å². The second-order valence-corrected chi connectivity index (χ2v) is 14.3. The van der Waals surface area contributed by atoms with Crippen LogP contribution >= 0.6 is 0 Å². The van der Waals surface area contributed by atoms with Crippen molar-refractivity contribution in [2.24, 2.45) is 23.7 Å². The Kier molecular flexibility index (Phi) is 11.9. The van der Waals surface area contributed by atoms with Gasteiger partial charge in [-0.25, -0.2) is 9.59 Å². The average molecular weight is 621 g/mol. The van der Waals surface area contributed by atoms with Crippen molar-refractivity contribution >= 4 is 18.0 Å². The topological polar surface area (TPSA) is 52.6 Å². The summed E-state index contributed by atoms with van der Waals surface area (Å²) < 4.78 is 12.6. The molecule has 0 amide bonds. The van der Waals surface area contributed by atoms with Gasteiger partial charge < -0.3 is 9.47 Å². The lowest BCUT2D eigenvalue weighted by Gasteiger charge is -2.37. The van der Waals surface area contributed by atoms with E-state index in [1.807, 2.05) is 42.5 Å². The van der Waals surface area contributed by atoms with Gasteiger partial charge >= 0.3 is 11.9 Å². The zero-order valence-electron chi connectivity index (χ0n) is 28.1. The van der Waals surface area contributed by atoms with Crippen LogP contribution in [-0.4, -0.2) is 24.1 Å². The maximum absolute atomic E-state index is 14.0. The third-order valence-corrected chi connectivity index (χ3v) is 10.5. The molecule has 0 spiro atoms. The van der Waals surface area contributed by atoms with E-state index in [9.17, 15) is 9.59 Å². The molecule has 8 atom stereocenters. The molecule has 0 bridgehead atoms. The molecule has 0 radical (unpaired) electrons. The highest BCUT2D eigenvalue weighted by atomic mass is 16.6. The monoisotopic (exact) mass is 620 g/mol. The van der Waals surface area contributed by atoms with E-state index < -0.39 is 11.9 Å². The summed E-state index contributed by atoms with van der Waals surface area (Å²) in [5, 5.41) is 0. The van der Waals surface area contributed by atoms with E-state index in [0.717, 1.165) is 56.9 Å². The molecule has 3 aromatic rings. The summed E-state index contributed by atoms with van der Waals surface area (Å²) in [6.07, 6.45) is 8.97. The van der Waals surface area contributed by atoms with Crippen molar-refractivity contribution in [2.45, 2.75) is 103 Å². The summed E-state index contributed by atoms with van der Waals surface area (Å²) in [6, 6.07) is 30.7. The normalized spacial score (nSPS) is 25.9. The van der Waals surface area contributed by atoms with Gasteiger partial charge in [0, 0.05) is 0 Å². The minimum Gasteiger partial charge on any atom is -0.458 e. The van der Waals surface area contributed by atoms with E-state index in [1.54, 1.807) is 6.08 Å². The molecule has 2 saturated carbocycles. The molecule has 0 heterocycles. The van der Waals surface area contributed by atoms with Gasteiger partial charge in [0.15, 0.2) is 0 Å². The summed E-state index contributed by atoms with van der Waals surface area (Å²) in [4.78, 5) is 28.0. The van der Waals surface area contributed by atoms with Gasteiger partial charge in [-0.3, -0.25) is 0 Å². The maximum Gasteiger partial charge on any atom is 0.345 e. The smallest absolute Gasteiger partial charge is 0.345 e. The molecular weight excluding hydrogens is 568 g/mol. The lowest BCUT2D eigenvalue weighted by molar-refractivity contribution is -0.158. The number of rotatable bonds is 11. The van der Waals surface area contributed by atoms with Crippen LogP contribution in [0.5, 0.6) is 0 Å². The van der Waals surface area contributed by atoms with Crippen LogP contribution in [0, 0.1) is 23.7 Å². The number of carbonyl (C=O) groups excluding carboxylic acids is 2. The van der Waals surface area contributed by atoms with E-state index in [1.165, 1.54) is 11.1 Å². The lowest BCUT2D eigenvalue weighted by Crippen LogP contribution is -2.37. The van der Waals surface area contributed by atoms with Crippen LogP contribution in [0.25, 0.3) is 6.08 Å². The first-order chi connectivity index (χ1) is 22.3. The van der Waals surface area contributed by atoms with E-state index in [-0.39, 0.29) is 29.6 Å². The van der Waals surface area contributed by atoms with Crippen LogP contribution in [0.15, 0.2) is 96.6 Å². The Hall–Kier alpha value is -3.66. The number of hydrogen-bond acceptors (Lipinski definition) is 4. The van der Waals surface area contributed by atoms with Crippen LogP contribution in [0.4, 0.5) is 0 Å². The molecule has 4 heteroatoms. The van der Waals surface area contributed by atoms with Crippen LogP contribution < -0.4 is 0 Å². The largest absolute Gasteiger partial charge is 0.458 e. The average Bonchev–Trinajstić information content (AvgIpc) is 3.07. The van der Waals surface area contributed by atoms with E-state index in [4.69, 9.17) is 9.47 Å². The third-order valence-electron chi connectivity index (χ3n) is 10.5. The lowest BCUT2D eigenvalue weighted by atomic mass is 9.75. The summed E-state index contributed by atoms with van der Waals surface area (Å²) in [6.45, 7) is 8.97. The van der Waals surface area contributed by atoms with Gasteiger partial charge in [0.2, 0.25) is 0 Å². The van der Waals surface area contributed by atoms with Crippen molar-refractivity contribution < 1.29 is 19.1 Å². The predicted octanol–water partition coefficient (Wildman–Crippen LogP) is 10.2. The zero-order valence-corrected chi connectivity index (χ0v) is 28.1. The van der Waals surface area contributed by atoms with Crippen molar-refractivity contribution in [3.8, 4) is 0 Å². The van der Waals surface area contributed by atoms with Gasteiger partial charge in [-0.2, -0.15) is 0 Å². The van der Waals surface area contributed by atoms with E-state index in [2.05, 4.69) is 76.2 Å². The van der Waals surface area contributed by atoms with Crippen LogP contribution in [-0.2, 0) is 19.1 Å². The number of ether oxygens (including phenoxy) is 2. The molecule has 2 aliphatic carbocycles. The predicted molar refractivity (Wildman–Crippen MR) is 186 cm³/mol. The van der Waals surface area contributed by atoms with Crippen LogP contribution in [0.2, 0.25) is 0 Å². The fourth-order valence-corrected chi connectivity index (χ4v) is 7.67. The van der Waals surface area contributed by atoms with Gasteiger partial charge in [0.1, 0.15) is 17.8 Å². The van der Waals surface area contributed by atoms with E-state index >= 15 is 0 Å². The van der Waals surface area contributed by atoms with Crippen LogP contribution in [0.1, 0.15) is 108 Å². The van der Waals surface area contributed by atoms with Gasteiger partial charge in [-0.05, 0) is 96.8 Å². The maximum atomic E-state index is 14.0. The highest BCUT2D eigenvalue weighted by molar-refractivity contribution is 6.17. The first-order valence-corrected chi connectivity index (χ1v) is 17.5. The molecule has 2 aliphatic rings. The standard InChI is InChI=1S/C42H52O4/c1-29-20-22-36(26-31(3)34-16-10-6-11-17-34)39(24-29)45-41(43)38(28-33-14-8-5-9-15-33)42(44)46-40-25-30(2)21-23-37(40)27-32(4)35-18-12-7-13-19-35/h5-19,28-32,36-37,39-40H,20-27H2,1-4H3/t29-,30-,31?,32?,36+,37+,39-,40-/m1/s1. The van der Waals surface area contributed by atoms with Gasteiger partial charge in [0.25, 0.3) is 0 Å². The van der Waals surface area contributed by atoms with Crippen molar-refractivity contribution in [1.82, 2.24) is 0 Å². The molecule has 0 aliphatic heterocycles. The number of benzene rings is 3. The molecule has 0 N–H and O–H groups in total. The second-order valence-electron chi connectivity index (χ2n) is 14.3. The summed E-state index contributed by atoms with van der Waals surface area (Å²) in [5.74, 6) is 0.991. The number of hydrogen-bond donors (Lipinski definition) is 0. The first-order valence-electron chi connectivity index (χ1n) is 17.5. The molecule has 0 saturated heterocycles.